The molecule has 1 aliphatic rings. The van der Waals surface area contributed by atoms with Crippen LogP contribution in [0.2, 0.25) is 0 Å². The highest BCUT2D eigenvalue weighted by Gasteiger charge is 2.37. The number of fused-ring (bicyclic) bond motifs is 2. The molecule has 0 spiro atoms. The molecule has 3 aromatic rings. The zero-order valence-corrected chi connectivity index (χ0v) is 17.4. The summed E-state index contributed by atoms with van der Waals surface area (Å²) in [6.45, 7) is 3.48. The Labute approximate surface area is 179 Å². The molecule has 1 atom stereocenters. The molecular weight excluding hydrogens is 433 g/mol. The van der Waals surface area contributed by atoms with Crippen molar-refractivity contribution in [1.29, 1.82) is 0 Å². The van der Waals surface area contributed by atoms with Crippen LogP contribution in [0.4, 0.5) is 18.9 Å². The molecule has 10 heteroatoms. The van der Waals surface area contributed by atoms with Crippen molar-refractivity contribution in [2.45, 2.75) is 32.9 Å². The minimum atomic E-state index is -1.31. The van der Waals surface area contributed by atoms with Crippen LogP contribution in [-0.4, -0.2) is 29.6 Å². The van der Waals surface area contributed by atoms with Crippen molar-refractivity contribution >= 4 is 39.1 Å². The van der Waals surface area contributed by atoms with Crippen LogP contribution in [0.3, 0.4) is 0 Å². The fraction of sp³-hybridized carbons (Fsp3) is 0.286. The van der Waals surface area contributed by atoms with Gasteiger partial charge in [-0.05, 0) is 25.5 Å². The molecule has 0 radical (unpaired) electrons. The first-order valence-corrected chi connectivity index (χ1v) is 10.3. The van der Waals surface area contributed by atoms with E-state index in [1.165, 1.54) is 4.90 Å². The molecule has 0 aliphatic carbocycles. The number of amides is 1. The Bertz CT molecular complexity index is 1200. The standard InChI is InChI=1S/C21H17F3N2O4S/c1-3-29-16(27)8-14-21(28)26(13-6-4-5-10(2)19(13)30-14)9-15-25-18-12(23)7-11(22)17(24)20(18)31-15/h4-7,14H,3,8-9H2,1-2H3. The number of anilines is 1. The number of hydrogen-bond acceptors (Lipinski definition) is 6. The van der Waals surface area contributed by atoms with E-state index in [9.17, 15) is 22.8 Å². The van der Waals surface area contributed by atoms with Gasteiger partial charge in [0.15, 0.2) is 23.6 Å². The Morgan fingerprint density at radius 1 is 1.29 bits per heavy atom. The molecule has 0 saturated carbocycles. The second-order valence-electron chi connectivity index (χ2n) is 6.90. The lowest BCUT2D eigenvalue weighted by Crippen LogP contribution is -2.46. The van der Waals surface area contributed by atoms with Gasteiger partial charge in [-0.3, -0.25) is 14.5 Å². The predicted molar refractivity (Wildman–Crippen MR) is 108 cm³/mol. The average Bonchev–Trinajstić information content (AvgIpc) is 3.15. The van der Waals surface area contributed by atoms with Gasteiger partial charge in [0.2, 0.25) is 0 Å². The van der Waals surface area contributed by atoms with E-state index in [4.69, 9.17) is 9.47 Å². The summed E-state index contributed by atoms with van der Waals surface area (Å²) < 4.78 is 52.2. The molecule has 4 rings (SSSR count). The van der Waals surface area contributed by atoms with E-state index in [1.54, 1.807) is 32.0 Å². The lowest BCUT2D eigenvalue weighted by atomic mass is 10.1. The number of hydrogen-bond donors (Lipinski definition) is 0. The summed E-state index contributed by atoms with van der Waals surface area (Å²) in [6.07, 6.45) is -1.40. The lowest BCUT2D eigenvalue weighted by Gasteiger charge is -2.34. The van der Waals surface area contributed by atoms with E-state index in [2.05, 4.69) is 4.98 Å². The Morgan fingerprint density at radius 3 is 2.81 bits per heavy atom. The number of halogens is 3. The van der Waals surface area contributed by atoms with Crippen molar-refractivity contribution in [3.63, 3.8) is 0 Å². The number of rotatable bonds is 5. The van der Waals surface area contributed by atoms with Crippen LogP contribution in [-0.2, 0) is 20.9 Å². The highest BCUT2D eigenvalue weighted by molar-refractivity contribution is 7.18. The molecule has 0 saturated heterocycles. The second kappa shape index (κ2) is 8.18. The summed E-state index contributed by atoms with van der Waals surface area (Å²) in [7, 11) is 0. The van der Waals surface area contributed by atoms with Gasteiger partial charge < -0.3 is 9.47 Å². The number of ether oxygens (including phenoxy) is 2. The number of esters is 1. The number of benzene rings is 2. The topological polar surface area (TPSA) is 68.7 Å². The van der Waals surface area contributed by atoms with Crippen LogP contribution in [0.5, 0.6) is 5.75 Å². The summed E-state index contributed by atoms with van der Waals surface area (Å²) in [5.41, 5.74) is 0.885. The highest BCUT2D eigenvalue weighted by Crippen LogP contribution is 2.39. The molecular formula is C21H17F3N2O4S. The van der Waals surface area contributed by atoms with Crippen LogP contribution in [0.25, 0.3) is 10.2 Å². The van der Waals surface area contributed by atoms with Gasteiger partial charge in [0, 0.05) is 6.07 Å². The molecule has 1 aliphatic heterocycles. The number of carbonyl (C=O) groups is 2. The summed E-state index contributed by atoms with van der Waals surface area (Å²) >= 11 is 0.758. The first-order valence-electron chi connectivity index (χ1n) is 9.46. The van der Waals surface area contributed by atoms with Crippen LogP contribution in [0.1, 0.15) is 23.9 Å². The summed E-state index contributed by atoms with van der Waals surface area (Å²) in [4.78, 5) is 30.5. The Kier molecular flexibility index (Phi) is 5.57. The molecule has 6 nitrogen and oxygen atoms in total. The van der Waals surface area contributed by atoms with Gasteiger partial charge in [0.25, 0.3) is 5.91 Å². The highest BCUT2D eigenvalue weighted by atomic mass is 32.1. The number of para-hydroxylation sites is 1. The van der Waals surface area contributed by atoms with Crippen molar-refractivity contribution in [2.24, 2.45) is 0 Å². The zero-order valence-electron chi connectivity index (χ0n) is 16.6. The zero-order chi connectivity index (χ0) is 22.3. The molecule has 31 heavy (non-hydrogen) atoms. The van der Waals surface area contributed by atoms with E-state index >= 15 is 0 Å². The van der Waals surface area contributed by atoms with Gasteiger partial charge in [0.1, 0.15) is 16.3 Å². The molecule has 0 N–H and O–H groups in total. The minimum Gasteiger partial charge on any atom is -0.477 e. The summed E-state index contributed by atoms with van der Waals surface area (Å²) in [5, 5.41) is 0.205. The largest absolute Gasteiger partial charge is 0.477 e. The maximum Gasteiger partial charge on any atom is 0.310 e. The number of aromatic nitrogens is 1. The fourth-order valence-corrected chi connectivity index (χ4v) is 4.37. The minimum absolute atomic E-state index is 0.127. The van der Waals surface area contributed by atoms with Crippen LogP contribution < -0.4 is 9.64 Å². The van der Waals surface area contributed by atoms with Gasteiger partial charge >= 0.3 is 5.97 Å². The maximum absolute atomic E-state index is 14.1. The van der Waals surface area contributed by atoms with Crippen LogP contribution >= 0.6 is 11.3 Å². The van der Waals surface area contributed by atoms with Crippen molar-refractivity contribution in [2.75, 3.05) is 11.5 Å². The number of carbonyl (C=O) groups excluding carboxylic acids is 2. The quantitative estimate of drug-likeness (QED) is 0.429. The van der Waals surface area contributed by atoms with Crippen molar-refractivity contribution in [3.05, 3.63) is 52.3 Å². The van der Waals surface area contributed by atoms with Crippen LogP contribution in [0.15, 0.2) is 24.3 Å². The predicted octanol–water partition coefficient (Wildman–Crippen LogP) is 4.27. The Balaban J connectivity index is 1.72. The third-order valence-electron chi connectivity index (χ3n) is 4.79. The van der Waals surface area contributed by atoms with E-state index in [-0.39, 0.29) is 34.8 Å². The van der Waals surface area contributed by atoms with Gasteiger partial charge in [-0.1, -0.05) is 12.1 Å². The molecule has 162 valence electrons. The third kappa shape index (κ3) is 3.83. The van der Waals surface area contributed by atoms with Gasteiger partial charge in [-0.15, -0.1) is 11.3 Å². The molecule has 1 amide bonds. The normalized spacial score (nSPS) is 15.7. The van der Waals surface area contributed by atoms with E-state index in [0.717, 1.165) is 16.9 Å². The van der Waals surface area contributed by atoms with E-state index < -0.39 is 35.4 Å². The SMILES string of the molecule is CCOC(=O)CC1Oc2c(C)cccc2N(Cc2nc3c(F)cc(F)c(F)c3s2)C1=O. The molecule has 0 fully saturated rings. The maximum atomic E-state index is 14.1. The van der Waals surface area contributed by atoms with Crippen molar-refractivity contribution < 1.29 is 32.2 Å². The lowest BCUT2D eigenvalue weighted by molar-refractivity contribution is -0.147. The van der Waals surface area contributed by atoms with Gasteiger partial charge in [-0.2, -0.15) is 0 Å². The van der Waals surface area contributed by atoms with Gasteiger partial charge in [0.05, 0.1) is 30.0 Å². The molecule has 2 aromatic carbocycles. The molecule has 2 heterocycles. The van der Waals surface area contributed by atoms with Crippen molar-refractivity contribution in [1.82, 2.24) is 4.98 Å². The molecule has 1 unspecified atom stereocenters. The first-order chi connectivity index (χ1) is 14.8. The molecule has 1 aromatic heterocycles. The fourth-order valence-electron chi connectivity index (χ4n) is 3.38. The first kappa shape index (κ1) is 21.1. The summed E-state index contributed by atoms with van der Waals surface area (Å²) in [5.74, 6) is -4.17. The average molecular weight is 450 g/mol. The Hall–Kier alpha value is -3.14. The number of aryl methyl sites for hydroxylation is 1. The number of thiazole rings is 1. The smallest absolute Gasteiger partial charge is 0.310 e. The summed E-state index contributed by atoms with van der Waals surface area (Å²) in [6, 6.07) is 5.63. The van der Waals surface area contributed by atoms with E-state index in [1.807, 2.05) is 0 Å². The number of nitrogens with zero attached hydrogens (tertiary/aromatic N) is 2. The monoisotopic (exact) mass is 450 g/mol. The Morgan fingerprint density at radius 2 is 2.06 bits per heavy atom. The molecule has 0 bridgehead atoms. The van der Waals surface area contributed by atoms with E-state index in [0.29, 0.717) is 17.5 Å². The van der Waals surface area contributed by atoms with Crippen LogP contribution in [0, 0.1) is 24.4 Å². The van der Waals surface area contributed by atoms with Gasteiger partial charge in [-0.25, -0.2) is 18.2 Å². The van der Waals surface area contributed by atoms with Crippen molar-refractivity contribution in [3.8, 4) is 5.75 Å². The second-order valence-corrected chi connectivity index (χ2v) is 7.99. The third-order valence-corrected chi connectivity index (χ3v) is 5.83.